The molecule has 0 aliphatic carbocycles. The third-order valence-corrected chi connectivity index (χ3v) is 1.89. The van der Waals surface area contributed by atoms with Crippen molar-refractivity contribution in [2.75, 3.05) is 0 Å². The molecule has 0 aromatic rings. The van der Waals surface area contributed by atoms with E-state index in [2.05, 4.69) is 6.58 Å². The summed E-state index contributed by atoms with van der Waals surface area (Å²) in [4.78, 5) is 22.1. The molecule has 0 bridgehead atoms. The number of esters is 1. The van der Waals surface area contributed by atoms with Crippen molar-refractivity contribution >= 4 is 11.9 Å². The van der Waals surface area contributed by atoms with Crippen molar-refractivity contribution in [1.29, 1.82) is 0 Å². The maximum atomic E-state index is 11.4. The second kappa shape index (κ2) is 3.82. The van der Waals surface area contributed by atoms with E-state index in [4.69, 9.17) is 9.84 Å². The second-order valence-corrected chi connectivity index (χ2v) is 4.13. The lowest BCUT2D eigenvalue weighted by Gasteiger charge is -2.26. The molecule has 0 atom stereocenters. The molecule has 0 aromatic carbocycles. The predicted octanol–water partition coefficient (Wildman–Crippen LogP) is 1.60. The molecule has 0 aliphatic heterocycles. The molecule has 0 amide bonds. The van der Waals surface area contributed by atoms with Crippen molar-refractivity contribution in [1.82, 2.24) is 0 Å². The number of hydrogen-bond donors (Lipinski definition) is 1. The van der Waals surface area contributed by atoms with Gasteiger partial charge in [0.15, 0.2) is 5.41 Å². The Kier molecular flexibility index (Phi) is 3.46. The third-order valence-electron chi connectivity index (χ3n) is 1.89. The van der Waals surface area contributed by atoms with Crippen LogP contribution in [-0.4, -0.2) is 22.6 Å². The van der Waals surface area contributed by atoms with Gasteiger partial charge in [0, 0.05) is 0 Å². The number of carboxylic acids is 1. The lowest BCUT2D eigenvalue weighted by Crippen LogP contribution is -2.39. The van der Waals surface area contributed by atoms with Crippen molar-refractivity contribution in [2.24, 2.45) is 5.41 Å². The first-order chi connectivity index (χ1) is 6.13. The normalized spacial score (nSPS) is 12.0. The van der Waals surface area contributed by atoms with Gasteiger partial charge >= 0.3 is 11.9 Å². The number of rotatable bonds is 4. The molecule has 0 rings (SSSR count). The standard InChI is InChI=1S/C10H16O4/c1-6-9(2,3)14-8(13)10(4,5)7(11)12/h6H,1H2,2-5H3,(H,11,12). The van der Waals surface area contributed by atoms with Crippen LogP contribution in [0.4, 0.5) is 0 Å². The molecule has 4 heteroatoms. The molecular weight excluding hydrogens is 184 g/mol. The highest BCUT2D eigenvalue weighted by atomic mass is 16.6. The summed E-state index contributed by atoms with van der Waals surface area (Å²) < 4.78 is 4.98. The van der Waals surface area contributed by atoms with E-state index in [9.17, 15) is 9.59 Å². The van der Waals surface area contributed by atoms with Crippen molar-refractivity contribution in [3.05, 3.63) is 12.7 Å². The quantitative estimate of drug-likeness (QED) is 0.425. The van der Waals surface area contributed by atoms with Crippen LogP contribution in [0.15, 0.2) is 12.7 Å². The molecule has 0 aliphatic rings. The first kappa shape index (κ1) is 12.7. The molecule has 0 saturated carbocycles. The van der Waals surface area contributed by atoms with Gasteiger partial charge in [-0.1, -0.05) is 6.58 Å². The highest BCUT2D eigenvalue weighted by Crippen LogP contribution is 2.22. The van der Waals surface area contributed by atoms with E-state index in [1.807, 2.05) is 0 Å². The lowest BCUT2D eigenvalue weighted by atomic mass is 9.94. The monoisotopic (exact) mass is 200 g/mol. The van der Waals surface area contributed by atoms with Gasteiger partial charge in [-0.25, -0.2) is 0 Å². The Bertz CT molecular complexity index is 263. The van der Waals surface area contributed by atoms with Gasteiger partial charge in [0.1, 0.15) is 5.60 Å². The SMILES string of the molecule is C=CC(C)(C)OC(=O)C(C)(C)C(=O)O. The first-order valence-electron chi connectivity index (χ1n) is 4.24. The van der Waals surface area contributed by atoms with Gasteiger partial charge < -0.3 is 9.84 Å². The van der Waals surface area contributed by atoms with Gasteiger partial charge in [0.25, 0.3) is 0 Å². The summed E-state index contributed by atoms with van der Waals surface area (Å²) in [5.74, 6) is -1.97. The summed E-state index contributed by atoms with van der Waals surface area (Å²) in [5, 5.41) is 8.75. The summed E-state index contributed by atoms with van der Waals surface area (Å²) in [6.07, 6.45) is 1.45. The van der Waals surface area contributed by atoms with E-state index in [0.717, 1.165) is 0 Å². The fraction of sp³-hybridized carbons (Fsp3) is 0.600. The van der Waals surface area contributed by atoms with Gasteiger partial charge in [0.2, 0.25) is 0 Å². The number of aliphatic carboxylic acids is 1. The number of hydrogen-bond acceptors (Lipinski definition) is 3. The minimum absolute atomic E-state index is 0.769. The highest BCUT2D eigenvalue weighted by Gasteiger charge is 2.39. The van der Waals surface area contributed by atoms with Gasteiger partial charge in [0.05, 0.1) is 0 Å². The fourth-order valence-electron chi connectivity index (χ4n) is 0.495. The molecule has 14 heavy (non-hydrogen) atoms. The van der Waals surface area contributed by atoms with E-state index >= 15 is 0 Å². The summed E-state index contributed by atoms with van der Waals surface area (Å²) >= 11 is 0. The van der Waals surface area contributed by atoms with Crippen molar-refractivity contribution in [2.45, 2.75) is 33.3 Å². The minimum atomic E-state index is -1.53. The van der Waals surface area contributed by atoms with Crippen LogP contribution in [0.2, 0.25) is 0 Å². The van der Waals surface area contributed by atoms with Crippen LogP contribution in [0.5, 0.6) is 0 Å². The minimum Gasteiger partial charge on any atom is -0.480 e. The summed E-state index contributed by atoms with van der Waals surface area (Å²) in [6, 6.07) is 0. The Morgan fingerprint density at radius 3 is 2.00 bits per heavy atom. The number of ether oxygens (including phenoxy) is 1. The lowest BCUT2D eigenvalue weighted by molar-refractivity contribution is -0.172. The molecule has 1 N–H and O–H groups in total. The van der Waals surface area contributed by atoms with Crippen LogP contribution in [-0.2, 0) is 14.3 Å². The van der Waals surface area contributed by atoms with Crippen LogP contribution in [0.25, 0.3) is 0 Å². The van der Waals surface area contributed by atoms with Crippen LogP contribution < -0.4 is 0 Å². The van der Waals surface area contributed by atoms with Gasteiger partial charge in [-0.2, -0.15) is 0 Å². The zero-order valence-corrected chi connectivity index (χ0v) is 8.96. The van der Waals surface area contributed by atoms with Gasteiger partial charge in [-0.05, 0) is 33.8 Å². The van der Waals surface area contributed by atoms with Crippen molar-refractivity contribution < 1.29 is 19.4 Å². The molecule has 80 valence electrons. The van der Waals surface area contributed by atoms with E-state index < -0.39 is 23.0 Å². The largest absolute Gasteiger partial charge is 0.480 e. The molecule has 0 radical (unpaired) electrons. The number of carbonyl (C=O) groups excluding carboxylic acids is 1. The van der Waals surface area contributed by atoms with Crippen LogP contribution in [0.1, 0.15) is 27.7 Å². The van der Waals surface area contributed by atoms with E-state index in [1.165, 1.54) is 19.9 Å². The van der Waals surface area contributed by atoms with Gasteiger partial charge in [-0.15, -0.1) is 0 Å². The summed E-state index contributed by atoms with van der Waals surface area (Å²) in [5.41, 5.74) is -2.37. The zero-order chi connectivity index (χ0) is 11.6. The second-order valence-electron chi connectivity index (χ2n) is 4.13. The molecular formula is C10H16O4. The van der Waals surface area contributed by atoms with Crippen molar-refractivity contribution in [3.8, 4) is 0 Å². The van der Waals surface area contributed by atoms with E-state index in [0.29, 0.717) is 0 Å². The zero-order valence-electron chi connectivity index (χ0n) is 8.96. The first-order valence-corrected chi connectivity index (χ1v) is 4.24. The average Bonchev–Trinajstić information content (AvgIpc) is 2.03. The maximum Gasteiger partial charge on any atom is 0.323 e. The highest BCUT2D eigenvalue weighted by molar-refractivity contribution is 5.98. The van der Waals surface area contributed by atoms with Gasteiger partial charge in [-0.3, -0.25) is 9.59 Å². The fourth-order valence-corrected chi connectivity index (χ4v) is 0.495. The van der Waals surface area contributed by atoms with Crippen molar-refractivity contribution in [3.63, 3.8) is 0 Å². The average molecular weight is 200 g/mol. The number of carbonyl (C=O) groups is 2. The topological polar surface area (TPSA) is 63.6 Å². The molecule has 0 saturated heterocycles. The molecule has 0 fully saturated rings. The van der Waals surface area contributed by atoms with Crippen LogP contribution in [0, 0.1) is 5.41 Å². The third kappa shape index (κ3) is 2.87. The van der Waals surface area contributed by atoms with Crippen LogP contribution in [0.3, 0.4) is 0 Å². The molecule has 0 heterocycles. The smallest absolute Gasteiger partial charge is 0.323 e. The maximum absolute atomic E-state index is 11.4. The Hall–Kier alpha value is -1.32. The van der Waals surface area contributed by atoms with E-state index in [1.54, 1.807) is 13.8 Å². The molecule has 4 nitrogen and oxygen atoms in total. The summed E-state index contributed by atoms with van der Waals surface area (Å²) in [6.45, 7) is 9.36. The Morgan fingerprint density at radius 2 is 1.71 bits per heavy atom. The number of carboxylic acid groups (broad SMARTS) is 1. The molecule has 0 spiro atoms. The molecule has 0 aromatic heterocycles. The van der Waals surface area contributed by atoms with Crippen LogP contribution >= 0.6 is 0 Å². The summed E-state index contributed by atoms with van der Waals surface area (Å²) in [7, 11) is 0. The van der Waals surface area contributed by atoms with E-state index in [-0.39, 0.29) is 0 Å². The Balaban J connectivity index is 4.66. The molecule has 0 unspecified atom stereocenters. The Morgan fingerprint density at radius 1 is 1.29 bits per heavy atom. The predicted molar refractivity (Wildman–Crippen MR) is 51.8 cm³/mol. The Labute approximate surface area is 83.6 Å².